The molecule has 110 valence electrons. The van der Waals surface area contributed by atoms with Gasteiger partial charge in [-0.3, -0.25) is 4.79 Å². The van der Waals surface area contributed by atoms with Crippen molar-refractivity contribution in [2.45, 2.75) is 19.0 Å². The van der Waals surface area contributed by atoms with Crippen molar-refractivity contribution in [3.63, 3.8) is 0 Å². The topological polar surface area (TPSA) is 59.6 Å². The monoisotopic (exact) mass is 282 g/mol. The van der Waals surface area contributed by atoms with E-state index >= 15 is 0 Å². The van der Waals surface area contributed by atoms with Crippen molar-refractivity contribution in [1.29, 1.82) is 0 Å². The van der Waals surface area contributed by atoms with Crippen LogP contribution in [0.2, 0.25) is 0 Å². The van der Waals surface area contributed by atoms with E-state index in [1.54, 1.807) is 19.1 Å². The normalized spacial score (nSPS) is 20.2. The summed E-state index contributed by atoms with van der Waals surface area (Å²) in [5, 5.41) is 5.84. The van der Waals surface area contributed by atoms with E-state index in [0.29, 0.717) is 31.1 Å². The van der Waals surface area contributed by atoms with Crippen molar-refractivity contribution in [3.05, 3.63) is 29.6 Å². The molecule has 2 N–H and O–H groups in total. The zero-order valence-electron chi connectivity index (χ0n) is 11.6. The Hall–Kier alpha value is -1.66. The van der Waals surface area contributed by atoms with Crippen LogP contribution in [0.5, 0.6) is 5.75 Å². The summed E-state index contributed by atoms with van der Waals surface area (Å²) in [6.07, 6.45) is 0. The molecule has 2 atom stereocenters. The van der Waals surface area contributed by atoms with Gasteiger partial charge in [0.2, 0.25) is 5.91 Å². The molecule has 0 bridgehead atoms. The lowest BCUT2D eigenvalue weighted by Gasteiger charge is -2.25. The molecule has 0 saturated carbocycles. The van der Waals surface area contributed by atoms with Crippen LogP contribution in [0.3, 0.4) is 0 Å². The predicted molar refractivity (Wildman–Crippen MR) is 72.1 cm³/mol. The Morgan fingerprint density at radius 2 is 2.40 bits per heavy atom. The highest BCUT2D eigenvalue weighted by atomic mass is 19.1. The number of methoxy groups -OCH3 is 1. The summed E-state index contributed by atoms with van der Waals surface area (Å²) in [4.78, 5) is 12.1. The zero-order chi connectivity index (χ0) is 14.5. The summed E-state index contributed by atoms with van der Waals surface area (Å²) in [6.45, 7) is 3.28. The first-order valence-corrected chi connectivity index (χ1v) is 6.57. The number of benzene rings is 1. The van der Waals surface area contributed by atoms with Gasteiger partial charge in [-0.05, 0) is 19.1 Å². The first kappa shape index (κ1) is 14.7. The molecule has 6 heteroatoms. The summed E-state index contributed by atoms with van der Waals surface area (Å²) < 4.78 is 24.3. The van der Waals surface area contributed by atoms with Gasteiger partial charge in [-0.15, -0.1) is 0 Å². The van der Waals surface area contributed by atoms with Crippen LogP contribution in [0.25, 0.3) is 0 Å². The van der Waals surface area contributed by atoms with Gasteiger partial charge in [0.05, 0.1) is 31.9 Å². The standard InChI is InChI=1S/C14H19FN2O3/c1-9(13-10(15)4-3-5-12(13)19-2)17-14(18)11-8-20-7-6-16-11/h3-5,9,11,16H,6-8H2,1-2H3,(H,17,18). The van der Waals surface area contributed by atoms with Crippen molar-refractivity contribution < 1.29 is 18.7 Å². The van der Waals surface area contributed by atoms with Crippen molar-refractivity contribution in [3.8, 4) is 5.75 Å². The molecule has 1 aliphatic heterocycles. The molecule has 20 heavy (non-hydrogen) atoms. The van der Waals surface area contributed by atoms with Crippen molar-refractivity contribution in [2.75, 3.05) is 26.9 Å². The highest BCUT2D eigenvalue weighted by molar-refractivity contribution is 5.82. The van der Waals surface area contributed by atoms with Gasteiger partial charge in [-0.2, -0.15) is 0 Å². The molecular formula is C14H19FN2O3. The number of amides is 1. The van der Waals surface area contributed by atoms with Gasteiger partial charge in [0.25, 0.3) is 0 Å². The maximum absolute atomic E-state index is 13.9. The molecule has 1 fully saturated rings. The maximum Gasteiger partial charge on any atom is 0.240 e. The Morgan fingerprint density at radius 3 is 3.05 bits per heavy atom. The third kappa shape index (κ3) is 3.26. The van der Waals surface area contributed by atoms with E-state index in [4.69, 9.17) is 9.47 Å². The van der Waals surface area contributed by atoms with Crippen LogP contribution in [0, 0.1) is 5.82 Å². The number of halogens is 1. The average molecular weight is 282 g/mol. The summed E-state index contributed by atoms with van der Waals surface area (Å²) in [7, 11) is 1.48. The second kappa shape index (κ2) is 6.67. The van der Waals surface area contributed by atoms with E-state index in [1.165, 1.54) is 13.2 Å². The number of carbonyl (C=O) groups is 1. The largest absolute Gasteiger partial charge is 0.496 e. The number of ether oxygens (including phenoxy) is 2. The SMILES string of the molecule is COc1cccc(F)c1C(C)NC(=O)C1COCCN1. The van der Waals surface area contributed by atoms with Crippen molar-refractivity contribution in [2.24, 2.45) is 0 Å². The molecule has 5 nitrogen and oxygen atoms in total. The number of hydrogen-bond acceptors (Lipinski definition) is 4. The third-order valence-corrected chi connectivity index (χ3v) is 3.26. The van der Waals surface area contributed by atoms with Crippen molar-refractivity contribution in [1.82, 2.24) is 10.6 Å². The average Bonchev–Trinajstić information content (AvgIpc) is 2.47. The van der Waals surface area contributed by atoms with Crippen molar-refractivity contribution >= 4 is 5.91 Å². The molecule has 1 aromatic carbocycles. The van der Waals surface area contributed by atoms with Gasteiger partial charge in [-0.25, -0.2) is 4.39 Å². The highest BCUT2D eigenvalue weighted by Crippen LogP contribution is 2.27. The van der Waals surface area contributed by atoms with E-state index in [1.807, 2.05) is 0 Å². The summed E-state index contributed by atoms with van der Waals surface area (Å²) in [5.74, 6) is -0.182. The minimum Gasteiger partial charge on any atom is -0.496 e. The molecule has 0 radical (unpaired) electrons. The fourth-order valence-corrected chi connectivity index (χ4v) is 2.24. The second-order valence-electron chi connectivity index (χ2n) is 4.67. The summed E-state index contributed by atoms with van der Waals surface area (Å²) >= 11 is 0. The lowest BCUT2D eigenvalue weighted by Crippen LogP contribution is -2.51. The minimum absolute atomic E-state index is 0.206. The molecular weight excluding hydrogens is 263 g/mol. The van der Waals surface area contributed by atoms with E-state index in [2.05, 4.69) is 10.6 Å². The van der Waals surface area contributed by atoms with Crippen LogP contribution in [-0.4, -0.2) is 38.8 Å². The molecule has 1 heterocycles. The Balaban J connectivity index is 2.07. The molecule has 2 unspecified atom stereocenters. The third-order valence-electron chi connectivity index (χ3n) is 3.26. The molecule has 0 aliphatic carbocycles. The van der Waals surface area contributed by atoms with Crippen LogP contribution in [0.1, 0.15) is 18.5 Å². The van der Waals surface area contributed by atoms with Crippen LogP contribution >= 0.6 is 0 Å². The van der Waals surface area contributed by atoms with Gasteiger partial charge in [-0.1, -0.05) is 6.07 Å². The first-order chi connectivity index (χ1) is 9.63. The van der Waals surface area contributed by atoms with Crippen LogP contribution in [-0.2, 0) is 9.53 Å². The molecule has 1 saturated heterocycles. The molecule has 2 rings (SSSR count). The first-order valence-electron chi connectivity index (χ1n) is 6.57. The Bertz CT molecular complexity index is 475. The Kier molecular flexibility index (Phi) is 4.92. The number of nitrogens with one attached hydrogen (secondary N) is 2. The lowest BCUT2D eigenvalue weighted by molar-refractivity contribution is -0.126. The van der Waals surface area contributed by atoms with Crippen LogP contribution in [0.4, 0.5) is 4.39 Å². The van der Waals surface area contributed by atoms with Gasteiger partial charge < -0.3 is 20.1 Å². The zero-order valence-corrected chi connectivity index (χ0v) is 11.6. The molecule has 1 aliphatic rings. The predicted octanol–water partition coefficient (Wildman–Crippen LogP) is 1.000. The molecule has 1 aromatic rings. The fraction of sp³-hybridized carbons (Fsp3) is 0.500. The van der Waals surface area contributed by atoms with E-state index in [-0.39, 0.29) is 5.91 Å². The smallest absolute Gasteiger partial charge is 0.240 e. The van der Waals surface area contributed by atoms with Gasteiger partial charge in [0.15, 0.2) is 0 Å². The minimum atomic E-state index is -0.484. The molecule has 1 amide bonds. The van der Waals surface area contributed by atoms with Crippen LogP contribution in [0.15, 0.2) is 18.2 Å². The lowest BCUT2D eigenvalue weighted by atomic mass is 10.1. The quantitative estimate of drug-likeness (QED) is 0.865. The Labute approximate surface area is 117 Å². The van der Waals surface area contributed by atoms with E-state index < -0.39 is 17.9 Å². The second-order valence-corrected chi connectivity index (χ2v) is 4.67. The Morgan fingerprint density at radius 1 is 1.60 bits per heavy atom. The number of carbonyl (C=O) groups excluding carboxylic acids is 1. The molecule has 0 aromatic heterocycles. The number of rotatable bonds is 4. The number of hydrogen-bond donors (Lipinski definition) is 2. The van der Waals surface area contributed by atoms with Crippen LogP contribution < -0.4 is 15.4 Å². The van der Waals surface area contributed by atoms with E-state index in [0.717, 1.165) is 0 Å². The maximum atomic E-state index is 13.9. The summed E-state index contributed by atoms with van der Waals surface area (Å²) in [5.41, 5.74) is 0.347. The molecule has 0 spiro atoms. The van der Waals surface area contributed by atoms with Gasteiger partial charge >= 0.3 is 0 Å². The van der Waals surface area contributed by atoms with Gasteiger partial charge in [0.1, 0.15) is 17.6 Å². The van der Waals surface area contributed by atoms with E-state index in [9.17, 15) is 9.18 Å². The number of morpholine rings is 1. The highest BCUT2D eigenvalue weighted by Gasteiger charge is 2.24. The van der Waals surface area contributed by atoms with Gasteiger partial charge in [0, 0.05) is 6.54 Å². The fourth-order valence-electron chi connectivity index (χ4n) is 2.24. The summed E-state index contributed by atoms with van der Waals surface area (Å²) in [6, 6.07) is 3.71.